The lowest BCUT2D eigenvalue weighted by Crippen LogP contribution is -2.34. The zero-order valence-corrected chi connectivity index (χ0v) is 8.96. The summed E-state index contributed by atoms with van der Waals surface area (Å²) in [5, 5.41) is 20.9. The molecule has 2 rings (SSSR count). The van der Waals surface area contributed by atoms with E-state index in [1.165, 1.54) is 0 Å². The fourth-order valence-corrected chi connectivity index (χ4v) is 1.64. The summed E-state index contributed by atoms with van der Waals surface area (Å²) in [5.74, 6) is 0. The molecule has 6 nitrogen and oxygen atoms in total. The molecule has 1 atom stereocenters. The van der Waals surface area contributed by atoms with E-state index in [2.05, 4.69) is 5.10 Å². The highest BCUT2D eigenvalue weighted by atomic mass is 16.3. The standard InChI is InChI=1S/C11H12N2O4/c14-6-7(15)5-13-11(17)9-4-2-1-3-8(9)10(16)12-13/h1-4,7,14-15H,5-6H2,(H,12,16). The number of fused-ring (bicyclic) bond motifs is 1. The highest BCUT2D eigenvalue weighted by Gasteiger charge is 2.09. The normalized spacial score (nSPS) is 12.8. The lowest BCUT2D eigenvalue weighted by atomic mass is 10.2. The highest BCUT2D eigenvalue weighted by molar-refractivity contribution is 5.80. The van der Waals surface area contributed by atoms with E-state index in [-0.39, 0.29) is 6.54 Å². The Morgan fingerprint density at radius 3 is 2.53 bits per heavy atom. The smallest absolute Gasteiger partial charge is 0.273 e. The van der Waals surface area contributed by atoms with Crippen molar-refractivity contribution in [1.29, 1.82) is 0 Å². The van der Waals surface area contributed by atoms with Crippen LogP contribution < -0.4 is 11.1 Å². The number of hydrogen-bond donors (Lipinski definition) is 3. The lowest BCUT2D eigenvalue weighted by molar-refractivity contribution is 0.0770. The third-order valence-corrected chi connectivity index (χ3v) is 2.49. The van der Waals surface area contributed by atoms with Crippen molar-refractivity contribution < 1.29 is 10.2 Å². The van der Waals surface area contributed by atoms with Crippen LogP contribution in [0.1, 0.15) is 0 Å². The first-order chi connectivity index (χ1) is 8.13. The predicted octanol–water partition coefficient (Wildman–Crippen LogP) is -0.957. The Morgan fingerprint density at radius 2 is 1.88 bits per heavy atom. The van der Waals surface area contributed by atoms with Gasteiger partial charge in [-0.1, -0.05) is 12.1 Å². The Kier molecular flexibility index (Phi) is 3.08. The predicted molar refractivity (Wildman–Crippen MR) is 61.9 cm³/mol. The number of H-pyrrole nitrogens is 1. The molecular weight excluding hydrogens is 224 g/mol. The Morgan fingerprint density at radius 1 is 1.24 bits per heavy atom. The van der Waals surface area contributed by atoms with Crippen LogP contribution in [0.3, 0.4) is 0 Å². The SMILES string of the molecule is O=c1[nH]n(CC(O)CO)c(=O)c2ccccc12. The van der Waals surface area contributed by atoms with Gasteiger partial charge in [-0.05, 0) is 12.1 Å². The summed E-state index contributed by atoms with van der Waals surface area (Å²) in [5.41, 5.74) is -0.793. The van der Waals surface area contributed by atoms with Gasteiger partial charge in [0.05, 0.1) is 30.0 Å². The molecule has 0 radical (unpaired) electrons. The van der Waals surface area contributed by atoms with Crippen LogP contribution in [0.5, 0.6) is 0 Å². The van der Waals surface area contributed by atoms with Crippen LogP contribution in [0.2, 0.25) is 0 Å². The summed E-state index contributed by atoms with van der Waals surface area (Å²) < 4.78 is 1.01. The maximum atomic E-state index is 11.9. The number of rotatable bonds is 3. The van der Waals surface area contributed by atoms with E-state index in [0.29, 0.717) is 10.8 Å². The molecule has 0 aliphatic carbocycles. The van der Waals surface area contributed by atoms with Gasteiger partial charge in [-0.15, -0.1) is 0 Å². The first-order valence-electron chi connectivity index (χ1n) is 5.14. The average molecular weight is 236 g/mol. The molecule has 0 amide bonds. The Labute approximate surface area is 95.7 Å². The van der Waals surface area contributed by atoms with E-state index in [0.717, 1.165) is 4.68 Å². The molecule has 17 heavy (non-hydrogen) atoms. The molecular formula is C11H12N2O4. The van der Waals surface area contributed by atoms with Gasteiger partial charge >= 0.3 is 0 Å². The van der Waals surface area contributed by atoms with Crippen LogP contribution in [0, 0.1) is 0 Å². The van der Waals surface area contributed by atoms with E-state index < -0.39 is 23.8 Å². The summed E-state index contributed by atoms with van der Waals surface area (Å²) in [6.45, 7) is -0.614. The molecule has 0 aliphatic rings. The molecule has 0 saturated heterocycles. The van der Waals surface area contributed by atoms with Crippen molar-refractivity contribution in [1.82, 2.24) is 9.78 Å². The molecule has 1 unspecified atom stereocenters. The summed E-state index contributed by atoms with van der Waals surface area (Å²) in [7, 11) is 0. The van der Waals surface area contributed by atoms with E-state index >= 15 is 0 Å². The van der Waals surface area contributed by atoms with Crippen molar-refractivity contribution in [2.24, 2.45) is 0 Å². The summed E-state index contributed by atoms with van der Waals surface area (Å²) in [6, 6.07) is 6.44. The topological polar surface area (TPSA) is 95.3 Å². The maximum Gasteiger partial charge on any atom is 0.273 e. The summed E-state index contributed by atoms with van der Waals surface area (Å²) in [4.78, 5) is 23.6. The third-order valence-electron chi connectivity index (χ3n) is 2.49. The molecule has 1 aromatic heterocycles. The number of nitrogens with zero attached hydrogens (tertiary/aromatic N) is 1. The molecule has 0 aliphatic heterocycles. The number of nitrogens with one attached hydrogen (secondary N) is 1. The average Bonchev–Trinajstić information content (AvgIpc) is 2.35. The number of benzene rings is 1. The second-order valence-corrected chi connectivity index (χ2v) is 3.74. The van der Waals surface area contributed by atoms with Gasteiger partial charge in [0.15, 0.2) is 0 Å². The lowest BCUT2D eigenvalue weighted by Gasteiger charge is -2.10. The van der Waals surface area contributed by atoms with Crippen molar-refractivity contribution in [2.75, 3.05) is 6.61 Å². The van der Waals surface area contributed by atoms with Crippen molar-refractivity contribution in [3.63, 3.8) is 0 Å². The van der Waals surface area contributed by atoms with Crippen LogP contribution in [0.25, 0.3) is 10.8 Å². The molecule has 0 fully saturated rings. The van der Waals surface area contributed by atoms with Gasteiger partial charge < -0.3 is 10.2 Å². The van der Waals surface area contributed by atoms with Crippen molar-refractivity contribution in [3.05, 3.63) is 45.0 Å². The van der Waals surface area contributed by atoms with E-state index in [4.69, 9.17) is 5.11 Å². The van der Waals surface area contributed by atoms with Crippen LogP contribution in [-0.4, -0.2) is 32.7 Å². The van der Waals surface area contributed by atoms with Crippen LogP contribution in [0.4, 0.5) is 0 Å². The minimum Gasteiger partial charge on any atom is -0.394 e. The maximum absolute atomic E-state index is 11.9. The van der Waals surface area contributed by atoms with Gasteiger partial charge in [-0.2, -0.15) is 0 Å². The fourth-order valence-electron chi connectivity index (χ4n) is 1.64. The van der Waals surface area contributed by atoms with Crippen LogP contribution >= 0.6 is 0 Å². The number of aliphatic hydroxyl groups is 2. The molecule has 2 aromatic rings. The molecule has 6 heteroatoms. The van der Waals surface area contributed by atoms with Crippen molar-refractivity contribution in [2.45, 2.75) is 12.6 Å². The Bertz CT molecular complexity index is 644. The van der Waals surface area contributed by atoms with Crippen LogP contribution in [0.15, 0.2) is 33.9 Å². The van der Waals surface area contributed by atoms with Gasteiger partial charge in [-0.3, -0.25) is 14.7 Å². The number of aliphatic hydroxyl groups excluding tert-OH is 2. The monoisotopic (exact) mass is 236 g/mol. The second kappa shape index (κ2) is 4.52. The van der Waals surface area contributed by atoms with Crippen molar-refractivity contribution in [3.8, 4) is 0 Å². The van der Waals surface area contributed by atoms with Crippen LogP contribution in [-0.2, 0) is 6.54 Å². The molecule has 90 valence electrons. The van der Waals surface area contributed by atoms with Gasteiger partial charge in [0.1, 0.15) is 0 Å². The van der Waals surface area contributed by atoms with Gasteiger partial charge in [0, 0.05) is 0 Å². The zero-order valence-electron chi connectivity index (χ0n) is 8.96. The highest BCUT2D eigenvalue weighted by Crippen LogP contribution is 2.02. The minimum absolute atomic E-state index is 0.143. The molecule has 3 N–H and O–H groups in total. The van der Waals surface area contributed by atoms with Gasteiger partial charge in [0.2, 0.25) is 0 Å². The van der Waals surface area contributed by atoms with E-state index in [1.807, 2.05) is 0 Å². The third kappa shape index (κ3) is 2.13. The Balaban J connectivity index is 2.63. The minimum atomic E-state index is -1.08. The number of aromatic nitrogens is 2. The summed E-state index contributed by atoms with van der Waals surface area (Å²) >= 11 is 0. The van der Waals surface area contributed by atoms with Gasteiger partial charge in [-0.25, -0.2) is 4.68 Å². The molecule has 0 bridgehead atoms. The first kappa shape index (κ1) is 11.6. The first-order valence-corrected chi connectivity index (χ1v) is 5.14. The zero-order chi connectivity index (χ0) is 12.4. The fraction of sp³-hybridized carbons (Fsp3) is 0.273. The summed E-state index contributed by atoms with van der Waals surface area (Å²) in [6.07, 6.45) is -1.08. The van der Waals surface area contributed by atoms with Crippen molar-refractivity contribution >= 4 is 10.8 Å². The van der Waals surface area contributed by atoms with Gasteiger partial charge in [0.25, 0.3) is 11.1 Å². The molecule has 1 aromatic carbocycles. The largest absolute Gasteiger partial charge is 0.394 e. The second-order valence-electron chi connectivity index (χ2n) is 3.74. The molecule has 0 saturated carbocycles. The molecule has 0 spiro atoms. The quantitative estimate of drug-likeness (QED) is 0.639. The number of hydrogen-bond acceptors (Lipinski definition) is 4. The Hall–Kier alpha value is -1.92. The molecule has 1 heterocycles. The van der Waals surface area contributed by atoms with E-state index in [9.17, 15) is 14.7 Å². The van der Waals surface area contributed by atoms with E-state index in [1.54, 1.807) is 24.3 Å². The number of aromatic amines is 1.